The molecule has 0 aliphatic heterocycles. The molecule has 0 aromatic heterocycles. The molecule has 0 heterocycles. The lowest BCUT2D eigenvalue weighted by Gasteiger charge is -2.20. The Kier molecular flexibility index (Phi) is 54.8. The second kappa shape index (κ2) is 56.4. The summed E-state index contributed by atoms with van der Waals surface area (Å²) in [4.78, 5) is 12.5. The summed E-state index contributed by atoms with van der Waals surface area (Å²) < 4.78 is 0. The molecule has 380 valence electrons. The van der Waals surface area contributed by atoms with Crippen molar-refractivity contribution in [3.8, 4) is 0 Å². The highest BCUT2D eigenvalue weighted by atomic mass is 16.3. The number of carbonyl (C=O) groups is 1. The van der Waals surface area contributed by atoms with Crippen LogP contribution >= 0.6 is 0 Å². The van der Waals surface area contributed by atoms with Crippen LogP contribution in [0.5, 0.6) is 0 Å². The average Bonchev–Trinajstić information content (AvgIpc) is 3.31. The van der Waals surface area contributed by atoms with Crippen molar-refractivity contribution in [3.05, 3.63) is 60.8 Å². The van der Waals surface area contributed by atoms with Gasteiger partial charge in [0.15, 0.2) is 0 Å². The lowest BCUT2D eigenvalue weighted by Crippen LogP contribution is -2.45. The summed E-state index contributed by atoms with van der Waals surface area (Å²) in [6.07, 6.45) is 79.6. The molecular weight excluding hydrogens is 795 g/mol. The van der Waals surface area contributed by atoms with Crippen molar-refractivity contribution in [2.75, 3.05) is 6.61 Å². The van der Waals surface area contributed by atoms with Crippen molar-refractivity contribution < 1.29 is 15.0 Å². The molecule has 0 aromatic carbocycles. The minimum Gasteiger partial charge on any atom is -0.394 e. The maximum Gasteiger partial charge on any atom is 0.220 e. The van der Waals surface area contributed by atoms with E-state index in [4.69, 9.17) is 0 Å². The molecule has 0 bridgehead atoms. The van der Waals surface area contributed by atoms with Crippen LogP contribution in [0.3, 0.4) is 0 Å². The SMILES string of the molecule is CC/C=C\C/C=C\C/C=C\C/C=C\CCCCCCCCCCCCCCCCC(=O)NC(CO)C(O)/C=C/CCCCCCCCCCCCCCCCCCCCCCCCCC. The largest absolute Gasteiger partial charge is 0.394 e. The first-order chi connectivity index (χ1) is 32.2. The molecular formula is C61H113NO3. The Hall–Kier alpha value is -1.91. The highest BCUT2D eigenvalue weighted by Crippen LogP contribution is 2.17. The van der Waals surface area contributed by atoms with Gasteiger partial charge in [-0.05, 0) is 57.8 Å². The Morgan fingerprint density at radius 1 is 0.385 bits per heavy atom. The highest BCUT2D eigenvalue weighted by Gasteiger charge is 2.18. The van der Waals surface area contributed by atoms with E-state index in [1.54, 1.807) is 6.08 Å². The molecule has 0 aliphatic carbocycles. The lowest BCUT2D eigenvalue weighted by molar-refractivity contribution is -0.123. The Morgan fingerprint density at radius 2 is 0.677 bits per heavy atom. The number of nitrogens with one attached hydrogen (secondary N) is 1. The van der Waals surface area contributed by atoms with Gasteiger partial charge in [0.05, 0.1) is 18.8 Å². The van der Waals surface area contributed by atoms with Gasteiger partial charge in [-0.25, -0.2) is 0 Å². The molecule has 3 N–H and O–H groups in total. The third-order valence-corrected chi connectivity index (χ3v) is 13.3. The van der Waals surface area contributed by atoms with Crippen molar-refractivity contribution >= 4 is 5.91 Å². The number of aliphatic hydroxyl groups excluding tert-OH is 2. The van der Waals surface area contributed by atoms with Crippen LogP contribution in [0.2, 0.25) is 0 Å². The van der Waals surface area contributed by atoms with Crippen molar-refractivity contribution in [2.45, 2.75) is 315 Å². The van der Waals surface area contributed by atoms with Gasteiger partial charge in [-0.2, -0.15) is 0 Å². The number of hydrogen-bond acceptors (Lipinski definition) is 3. The van der Waals surface area contributed by atoms with Crippen molar-refractivity contribution in [3.63, 3.8) is 0 Å². The molecule has 4 nitrogen and oxygen atoms in total. The van der Waals surface area contributed by atoms with E-state index in [1.165, 1.54) is 231 Å². The van der Waals surface area contributed by atoms with Crippen LogP contribution < -0.4 is 5.32 Å². The zero-order chi connectivity index (χ0) is 47.0. The first-order valence-corrected chi connectivity index (χ1v) is 29.0. The summed E-state index contributed by atoms with van der Waals surface area (Å²) in [5.41, 5.74) is 0. The van der Waals surface area contributed by atoms with Crippen LogP contribution in [0.1, 0.15) is 303 Å². The third kappa shape index (κ3) is 52.9. The van der Waals surface area contributed by atoms with E-state index in [-0.39, 0.29) is 12.5 Å². The number of amides is 1. The molecule has 0 rings (SSSR count). The molecule has 65 heavy (non-hydrogen) atoms. The summed E-state index contributed by atoms with van der Waals surface area (Å²) in [5, 5.41) is 23.2. The van der Waals surface area contributed by atoms with E-state index in [9.17, 15) is 15.0 Å². The van der Waals surface area contributed by atoms with Gasteiger partial charge in [-0.15, -0.1) is 0 Å². The maximum atomic E-state index is 12.5. The van der Waals surface area contributed by atoms with Crippen LogP contribution in [0, 0.1) is 0 Å². The second-order valence-corrected chi connectivity index (χ2v) is 19.7. The van der Waals surface area contributed by atoms with Gasteiger partial charge in [-0.1, -0.05) is 299 Å². The molecule has 2 atom stereocenters. The maximum absolute atomic E-state index is 12.5. The number of unbranched alkanes of at least 4 members (excludes halogenated alkanes) is 38. The minimum atomic E-state index is -0.842. The van der Waals surface area contributed by atoms with Crippen LogP contribution in [-0.4, -0.2) is 34.9 Å². The topological polar surface area (TPSA) is 69.6 Å². The van der Waals surface area contributed by atoms with Crippen molar-refractivity contribution in [1.82, 2.24) is 5.32 Å². The van der Waals surface area contributed by atoms with E-state index < -0.39 is 12.1 Å². The normalized spacial score (nSPS) is 13.2. The number of carbonyl (C=O) groups excluding carboxylic acids is 1. The van der Waals surface area contributed by atoms with E-state index in [0.29, 0.717) is 6.42 Å². The Labute approximate surface area is 406 Å². The van der Waals surface area contributed by atoms with E-state index in [1.807, 2.05) is 6.08 Å². The summed E-state index contributed by atoms with van der Waals surface area (Å²) in [5.74, 6) is -0.0626. The lowest BCUT2D eigenvalue weighted by atomic mass is 10.0. The fourth-order valence-corrected chi connectivity index (χ4v) is 8.88. The molecule has 0 aliphatic rings. The van der Waals surface area contributed by atoms with E-state index in [0.717, 1.165) is 51.4 Å². The van der Waals surface area contributed by atoms with E-state index >= 15 is 0 Å². The Balaban J connectivity index is 3.49. The van der Waals surface area contributed by atoms with E-state index in [2.05, 4.69) is 67.8 Å². The average molecular weight is 909 g/mol. The van der Waals surface area contributed by atoms with Gasteiger partial charge in [0.2, 0.25) is 5.91 Å². The van der Waals surface area contributed by atoms with Crippen LogP contribution in [0.15, 0.2) is 60.8 Å². The Morgan fingerprint density at radius 3 is 1.02 bits per heavy atom. The van der Waals surface area contributed by atoms with Gasteiger partial charge in [0, 0.05) is 6.42 Å². The van der Waals surface area contributed by atoms with Gasteiger partial charge in [0.1, 0.15) is 0 Å². The third-order valence-electron chi connectivity index (χ3n) is 13.3. The molecule has 4 heteroatoms. The summed E-state index contributed by atoms with van der Waals surface area (Å²) in [6, 6.07) is -0.625. The van der Waals surface area contributed by atoms with Gasteiger partial charge in [-0.3, -0.25) is 4.79 Å². The number of hydrogen-bond donors (Lipinski definition) is 3. The molecule has 0 aromatic rings. The number of aliphatic hydroxyl groups is 2. The molecule has 2 unspecified atom stereocenters. The minimum absolute atomic E-state index is 0.0626. The fourth-order valence-electron chi connectivity index (χ4n) is 8.88. The molecule has 0 radical (unpaired) electrons. The quantitative estimate of drug-likeness (QED) is 0.0421. The summed E-state index contributed by atoms with van der Waals surface area (Å²) >= 11 is 0. The molecule has 0 saturated carbocycles. The zero-order valence-electron chi connectivity index (χ0n) is 43.8. The van der Waals surface area contributed by atoms with Crippen molar-refractivity contribution in [1.29, 1.82) is 0 Å². The van der Waals surface area contributed by atoms with Gasteiger partial charge >= 0.3 is 0 Å². The van der Waals surface area contributed by atoms with Crippen LogP contribution in [0.25, 0.3) is 0 Å². The Bertz CT molecular complexity index is 1070. The first-order valence-electron chi connectivity index (χ1n) is 29.0. The predicted octanol–water partition coefficient (Wildman–Crippen LogP) is 19.2. The molecule has 0 saturated heterocycles. The fraction of sp³-hybridized carbons (Fsp3) is 0.820. The first kappa shape index (κ1) is 63.1. The number of allylic oxidation sites excluding steroid dienone is 9. The molecule has 0 spiro atoms. The standard InChI is InChI=1S/C61H113NO3/c1-3-5-7-9-11-13-15-17-19-21-23-25-27-29-31-33-35-37-39-41-43-45-47-49-51-53-55-57-61(65)62-59(58-63)60(64)56-54-52-50-48-46-44-42-40-38-36-34-32-30-28-26-24-22-20-18-16-14-12-10-8-6-4-2/h5,7,11,13,17,19,23,25,54,56,59-60,63-64H,3-4,6,8-10,12,14-16,18,20-22,24,26-53,55,57-58H2,1-2H3,(H,62,65)/b7-5-,13-11-,19-17-,25-23-,56-54+. The number of rotatable bonds is 53. The second-order valence-electron chi connectivity index (χ2n) is 19.7. The van der Waals surface area contributed by atoms with Crippen molar-refractivity contribution in [2.24, 2.45) is 0 Å². The van der Waals surface area contributed by atoms with Crippen LogP contribution in [-0.2, 0) is 4.79 Å². The van der Waals surface area contributed by atoms with Gasteiger partial charge < -0.3 is 15.5 Å². The zero-order valence-corrected chi connectivity index (χ0v) is 43.8. The highest BCUT2D eigenvalue weighted by molar-refractivity contribution is 5.76. The predicted molar refractivity (Wildman–Crippen MR) is 290 cm³/mol. The smallest absolute Gasteiger partial charge is 0.220 e. The van der Waals surface area contributed by atoms with Crippen LogP contribution in [0.4, 0.5) is 0 Å². The summed E-state index contributed by atoms with van der Waals surface area (Å²) in [7, 11) is 0. The monoisotopic (exact) mass is 908 g/mol. The molecule has 1 amide bonds. The van der Waals surface area contributed by atoms with Gasteiger partial charge in [0.25, 0.3) is 0 Å². The summed E-state index contributed by atoms with van der Waals surface area (Å²) in [6.45, 7) is 4.22. The molecule has 0 fully saturated rings.